The quantitative estimate of drug-likeness (QED) is 0.779. The predicted molar refractivity (Wildman–Crippen MR) is 59.2 cm³/mol. The molecule has 84 valence electrons. The third-order valence-electron chi connectivity index (χ3n) is 1.86. The molecule has 0 radical (unpaired) electrons. The summed E-state index contributed by atoms with van der Waals surface area (Å²) in [7, 11) is 0. The zero-order valence-corrected chi connectivity index (χ0v) is 9.64. The van der Waals surface area contributed by atoms with Crippen LogP contribution in [0.5, 0.6) is 0 Å². The van der Waals surface area contributed by atoms with Crippen molar-refractivity contribution in [3.8, 4) is 5.69 Å². The second kappa shape index (κ2) is 3.92. The topological polar surface area (TPSA) is 54.8 Å². The number of rotatable bonds is 2. The van der Waals surface area contributed by atoms with Crippen LogP contribution >= 0.6 is 0 Å². The summed E-state index contributed by atoms with van der Waals surface area (Å²) in [5.41, 5.74) is 0.773. The minimum absolute atomic E-state index is 0.0962. The summed E-state index contributed by atoms with van der Waals surface area (Å²) in [5, 5.41) is 11.1. The highest BCUT2D eigenvalue weighted by molar-refractivity contribution is 5.22. The lowest BCUT2D eigenvalue weighted by Gasteiger charge is -2.16. The van der Waals surface area contributed by atoms with Crippen molar-refractivity contribution in [1.82, 2.24) is 10.4 Å². The molecule has 0 spiro atoms. The Kier molecular flexibility index (Phi) is 2.60. The summed E-state index contributed by atoms with van der Waals surface area (Å²) >= 11 is 0. The predicted octanol–water partition coefficient (Wildman–Crippen LogP) is 1.56. The largest absolute Gasteiger partial charge is 0.389 e. The van der Waals surface area contributed by atoms with Crippen LogP contribution in [0.4, 0.5) is 6.01 Å². The molecule has 0 saturated carbocycles. The van der Waals surface area contributed by atoms with Crippen LogP contribution in [0.2, 0.25) is 0 Å². The van der Waals surface area contributed by atoms with Gasteiger partial charge in [-0.1, -0.05) is 18.2 Å². The lowest BCUT2D eigenvalue weighted by molar-refractivity contribution is -0.724. The lowest BCUT2D eigenvalue weighted by atomic mass is 10.1. The molecule has 0 unspecified atom stereocenters. The van der Waals surface area contributed by atoms with E-state index in [2.05, 4.69) is 15.7 Å². The van der Waals surface area contributed by atoms with Crippen molar-refractivity contribution in [2.75, 3.05) is 5.32 Å². The zero-order chi connectivity index (χ0) is 11.6. The maximum Gasteiger partial charge on any atom is 0.389 e. The standard InChI is InChI=1S/C11H15N4O/c1-11(2,3)12-10-13-15(14-16-10)9-7-5-4-6-8-9/h4-8H,1-3H3,(H,12,13,14)/q+1. The molecule has 0 aliphatic heterocycles. The molecule has 16 heavy (non-hydrogen) atoms. The van der Waals surface area contributed by atoms with Gasteiger partial charge in [0.2, 0.25) is 5.27 Å². The van der Waals surface area contributed by atoms with Gasteiger partial charge >= 0.3 is 6.01 Å². The lowest BCUT2D eigenvalue weighted by Crippen LogP contribution is -2.36. The molecule has 0 aliphatic rings. The van der Waals surface area contributed by atoms with Crippen LogP contribution in [-0.2, 0) is 0 Å². The van der Waals surface area contributed by atoms with Gasteiger partial charge in [-0.3, -0.25) is 4.52 Å². The average molecular weight is 219 g/mol. The smallest absolute Gasteiger partial charge is 0.328 e. The molecule has 0 bridgehead atoms. The van der Waals surface area contributed by atoms with E-state index in [0.29, 0.717) is 6.01 Å². The molecule has 2 rings (SSSR count). The molecule has 0 amide bonds. The fraction of sp³-hybridized carbons (Fsp3) is 0.364. The number of nitrogens with zero attached hydrogens (tertiary/aromatic N) is 3. The number of hydrogen-bond donors (Lipinski definition) is 1. The molecule has 1 aromatic heterocycles. The third-order valence-corrected chi connectivity index (χ3v) is 1.86. The van der Waals surface area contributed by atoms with Crippen molar-refractivity contribution in [2.45, 2.75) is 26.3 Å². The first-order chi connectivity index (χ1) is 7.54. The SMILES string of the molecule is CC(C)(C)Nc1n[n+](-c2ccccc2)no1. The first-order valence-corrected chi connectivity index (χ1v) is 5.14. The van der Waals surface area contributed by atoms with Crippen LogP contribution in [-0.4, -0.2) is 15.9 Å². The van der Waals surface area contributed by atoms with Gasteiger partial charge < -0.3 is 5.32 Å². The maximum atomic E-state index is 5.09. The Labute approximate surface area is 94.0 Å². The highest BCUT2D eigenvalue weighted by Crippen LogP contribution is 2.09. The molecule has 2 aromatic rings. The van der Waals surface area contributed by atoms with Crippen LogP contribution < -0.4 is 10.1 Å². The van der Waals surface area contributed by atoms with Crippen molar-refractivity contribution in [1.29, 1.82) is 0 Å². The average Bonchev–Trinajstić information content (AvgIpc) is 2.65. The number of anilines is 1. The summed E-state index contributed by atoms with van der Waals surface area (Å²) in [6.45, 7) is 6.10. The number of para-hydroxylation sites is 1. The van der Waals surface area contributed by atoms with E-state index in [1.54, 1.807) is 0 Å². The monoisotopic (exact) mass is 219 g/mol. The van der Waals surface area contributed by atoms with Gasteiger partial charge in [-0.25, -0.2) is 0 Å². The van der Waals surface area contributed by atoms with Crippen molar-refractivity contribution < 1.29 is 9.32 Å². The van der Waals surface area contributed by atoms with Gasteiger partial charge in [0, 0.05) is 17.7 Å². The van der Waals surface area contributed by atoms with Gasteiger partial charge in [-0.2, -0.15) is 0 Å². The minimum atomic E-state index is -0.0962. The third kappa shape index (κ3) is 2.56. The van der Waals surface area contributed by atoms with Crippen LogP contribution in [0.25, 0.3) is 5.69 Å². The summed E-state index contributed by atoms with van der Waals surface area (Å²) in [6, 6.07) is 10.0. The van der Waals surface area contributed by atoms with Crippen LogP contribution in [0.15, 0.2) is 34.9 Å². The molecule has 0 aliphatic carbocycles. The van der Waals surface area contributed by atoms with Gasteiger partial charge in [-0.05, 0) is 20.8 Å². The molecule has 5 heteroatoms. The normalized spacial score (nSPS) is 11.4. The Hall–Kier alpha value is -1.91. The molecule has 1 aromatic carbocycles. The minimum Gasteiger partial charge on any atom is -0.328 e. The van der Waals surface area contributed by atoms with E-state index >= 15 is 0 Å². The second-order valence-corrected chi connectivity index (χ2v) is 4.58. The van der Waals surface area contributed by atoms with E-state index in [1.165, 1.54) is 4.80 Å². The Morgan fingerprint density at radius 2 is 1.88 bits per heavy atom. The Bertz CT molecular complexity index is 458. The van der Waals surface area contributed by atoms with Gasteiger partial charge in [0.1, 0.15) is 4.80 Å². The number of aromatic nitrogens is 3. The van der Waals surface area contributed by atoms with Crippen molar-refractivity contribution >= 4 is 6.01 Å². The number of hydrogen-bond acceptors (Lipinski definition) is 4. The molecule has 1 heterocycles. The molecular weight excluding hydrogens is 204 g/mol. The molecule has 1 N–H and O–H groups in total. The summed E-state index contributed by atoms with van der Waals surface area (Å²) in [4.78, 5) is 1.45. The first-order valence-electron chi connectivity index (χ1n) is 5.14. The Morgan fingerprint density at radius 3 is 2.50 bits per heavy atom. The van der Waals surface area contributed by atoms with E-state index in [0.717, 1.165) is 5.69 Å². The molecule has 0 atom stereocenters. The van der Waals surface area contributed by atoms with Crippen LogP contribution in [0.3, 0.4) is 0 Å². The van der Waals surface area contributed by atoms with Gasteiger partial charge in [0.05, 0.1) is 5.10 Å². The molecule has 0 saturated heterocycles. The first kappa shape index (κ1) is 10.6. The Balaban J connectivity index is 2.21. The summed E-state index contributed by atoms with van der Waals surface area (Å²) in [6.07, 6.45) is 0. The van der Waals surface area contributed by atoms with E-state index in [1.807, 2.05) is 51.1 Å². The number of benzene rings is 1. The summed E-state index contributed by atoms with van der Waals surface area (Å²) < 4.78 is 5.09. The Morgan fingerprint density at radius 1 is 1.19 bits per heavy atom. The molecule has 5 nitrogen and oxygen atoms in total. The van der Waals surface area contributed by atoms with Gasteiger partial charge in [0.15, 0.2) is 0 Å². The van der Waals surface area contributed by atoms with Crippen LogP contribution in [0, 0.1) is 0 Å². The van der Waals surface area contributed by atoms with E-state index in [4.69, 9.17) is 4.52 Å². The van der Waals surface area contributed by atoms with E-state index < -0.39 is 0 Å². The van der Waals surface area contributed by atoms with Gasteiger partial charge in [0.25, 0.3) is 5.69 Å². The maximum absolute atomic E-state index is 5.09. The molecular formula is C11H15N4O+. The fourth-order valence-electron chi connectivity index (χ4n) is 1.23. The zero-order valence-electron chi connectivity index (χ0n) is 9.64. The number of nitrogens with one attached hydrogen (secondary N) is 1. The fourth-order valence-corrected chi connectivity index (χ4v) is 1.23. The van der Waals surface area contributed by atoms with Crippen molar-refractivity contribution in [2.24, 2.45) is 0 Å². The van der Waals surface area contributed by atoms with Gasteiger partial charge in [-0.15, -0.1) is 0 Å². The van der Waals surface area contributed by atoms with Crippen molar-refractivity contribution in [3.63, 3.8) is 0 Å². The van der Waals surface area contributed by atoms with E-state index in [-0.39, 0.29) is 5.54 Å². The summed E-state index contributed by atoms with van der Waals surface area (Å²) in [5.74, 6) is 0. The molecule has 0 fully saturated rings. The second-order valence-electron chi connectivity index (χ2n) is 4.58. The highest BCUT2D eigenvalue weighted by Gasteiger charge is 2.20. The van der Waals surface area contributed by atoms with E-state index in [9.17, 15) is 0 Å². The highest BCUT2D eigenvalue weighted by atomic mass is 16.5. The van der Waals surface area contributed by atoms with Crippen LogP contribution in [0.1, 0.15) is 20.8 Å². The van der Waals surface area contributed by atoms with Crippen molar-refractivity contribution in [3.05, 3.63) is 30.3 Å².